The van der Waals surface area contributed by atoms with Crippen molar-refractivity contribution in [2.45, 2.75) is 51.5 Å². The molecule has 0 saturated carbocycles. The molecule has 1 unspecified atom stereocenters. The van der Waals surface area contributed by atoms with Crippen molar-refractivity contribution in [3.05, 3.63) is 39.3 Å². The summed E-state index contributed by atoms with van der Waals surface area (Å²) in [7, 11) is -2.00. The number of amides is 1. The zero-order chi connectivity index (χ0) is 21.6. The third-order valence-electron chi connectivity index (χ3n) is 5.87. The minimum absolute atomic E-state index is 0.0578. The van der Waals surface area contributed by atoms with Crippen LogP contribution in [0.4, 0.5) is 9.18 Å². The summed E-state index contributed by atoms with van der Waals surface area (Å²) >= 11 is 2.18. The summed E-state index contributed by atoms with van der Waals surface area (Å²) in [6.45, 7) is 11.8. The largest absolute Gasteiger partial charge is 0.465 e. The zero-order valence-electron chi connectivity index (χ0n) is 17.4. The Morgan fingerprint density at radius 1 is 1.41 bits per heavy atom. The average Bonchev–Trinajstić information content (AvgIpc) is 2.95. The van der Waals surface area contributed by atoms with Crippen molar-refractivity contribution in [3.63, 3.8) is 0 Å². The molecule has 1 aliphatic rings. The van der Waals surface area contributed by atoms with Gasteiger partial charge in [0.15, 0.2) is 8.32 Å². The highest BCUT2D eigenvalue weighted by Crippen LogP contribution is 2.38. The summed E-state index contributed by atoms with van der Waals surface area (Å²) in [5.74, 6) is -0.325. The van der Waals surface area contributed by atoms with E-state index in [1.54, 1.807) is 6.07 Å². The molecule has 0 bridgehead atoms. The quantitative estimate of drug-likeness (QED) is 0.427. The second-order valence-electron chi connectivity index (χ2n) is 8.95. The standard InChI is InChI=1S/C20H27FIN3O3Si/c1-20(2,3)29(4,5)28-12-15-10-24(19(26)27)11-16-17(22)18(23-25(15)16)13-7-6-8-14(21)9-13/h6-9,15H,10-12H2,1-5H3,(H,26,27). The van der Waals surface area contributed by atoms with Gasteiger partial charge in [0.2, 0.25) is 0 Å². The van der Waals surface area contributed by atoms with E-state index >= 15 is 0 Å². The normalized spacial score (nSPS) is 17.3. The van der Waals surface area contributed by atoms with E-state index < -0.39 is 14.4 Å². The molecular weight excluding hydrogens is 504 g/mol. The molecule has 3 rings (SSSR count). The molecule has 0 saturated heterocycles. The lowest BCUT2D eigenvalue weighted by Gasteiger charge is -2.39. The second-order valence-corrected chi connectivity index (χ2v) is 14.8. The summed E-state index contributed by atoms with van der Waals surface area (Å²) in [6, 6.07) is 6.09. The molecule has 0 fully saturated rings. The fourth-order valence-corrected chi connectivity index (χ4v) is 4.96. The van der Waals surface area contributed by atoms with Gasteiger partial charge >= 0.3 is 6.09 Å². The van der Waals surface area contributed by atoms with Gasteiger partial charge in [0.1, 0.15) is 11.5 Å². The minimum atomic E-state index is -2.00. The number of rotatable bonds is 4. The van der Waals surface area contributed by atoms with Gasteiger partial charge in [-0.3, -0.25) is 4.68 Å². The van der Waals surface area contributed by atoms with Crippen LogP contribution in [0.25, 0.3) is 11.3 Å². The molecule has 1 aromatic carbocycles. The highest BCUT2D eigenvalue weighted by atomic mass is 127. The summed E-state index contributed by atoms with van der Waals surface area (Å²) in [5, 5.41) is 14.4. The smallest absolute Gasteiger partial charge is 0.407 e. The minimum Gasteiger partial charge on any atom is -0.465 e. The van der Waals surface area contributed by atoms with Gasteiger partial charge in [0.05, 0.1) is 28.5 Å². The topological polar surface area (TPSA) is 67.6 Å². The molecular formula is C20H27FIN3O3Si. The van der Waals surface area contributed by atoms with E-state index in [4.69, 9.17) is 9.52 Å². The molecule has 0 radical (unpaired) electrons. The molecule has 29 heavy (non-hydrogen) atoms. The van der Waals surface area contributed by atoms with Crippen molar-refractivity contribution < 1.29 is 18.7 Å². The molecule has 158 valence electrons. The van der Waals surface area contributed by atoms with Gasteiger partial charge in [-0.2, -0.15) is 5.10 Å². The number of halogens is 2. The summed E-state index contributed by atoms with van der Waals surface area (Å²) in [6.07, 6.45) is -0.960. The molecule has 6 nitrogen and oxygen atoms in total. The number of carboxylic acid groups (broad SMARTS) is 1. The Bertz CT molecular complexity index is 926. The molecule has 9 heteroatoms. The van der Waals surface area contributed by atoms with Gasteiger partial charge in [-0.25, -0.2) is 9.18 Å². The SMILES string of the molecule is CC(C)(C)[Si](C)(C)OCC1CN(C(=O)O)Cc2c(I)c(-c3cccc(F)c3)nn21. The van der Waals surface area contributed by atoms with Crippen molar-refractivity contribution in [3.8, 4) is 11.3 Å². The van der Waals surface area contributed by atoms with Crippen molar-refractivity contribution in [2.75, 3.05) is 13.2 Å². The average molecular weight is 531 g/mol. The molecule has 1 aromatic heterocycles. The van der Waals surface area contributed by atoms with Crippen LogP contribution in [-0.4, -0.2) is 47.3 Å². The van der Waals surface area contributed by atoms with Crippen LogP contribution in [0.1, 0.15) is 32.5 Å². The number of fused-ring (bicyclic) bond motifs is 1. The van der Waals surface area contributed by atoms with E-state index in [-0.39, 0.29) is 23.4 Å². The van der Waals surface area contributed by atoms with Gasteiger partial charge in [-0.05, 0) is 52.9 Å². The van der Waals surface area contributed by atoms with Crippen LogP contribution in [-0.2, 0) is 11.0 Å². The predicted molar refractivity (Wildman–Crippen MR) is 121 cm³/mol. The van der Waals surface area contributed by atoms with Crippen molar-refractivity contribution in [2.24, 2.45) is 0 Å². The van der Waals surface area contributed by atoms with Crippen LogP contribution in [0, 0.1) is 9.39 Å². The third-order valence-corrected chi connectivity index (χ3v) is 11.5. The molecule has 0 aliphatic carbocycles. The first kappa shape index (κ1) is 22.2. The van der Waals surface area contributed by atoms with Crippen LogP contribution >= 0.6 is 22.6 Å². The molecule has 2 heterocycles. The van der Waals surface area contributed by atoms with Crippen molar-refractivity contribution in [1.29, 1.82) is 0 Å². The van der Waals surface area contributed by atoms with Crippen LogP contribution in [0.5, 0.6) is 0 Å². The second kappa shape index (κ2) is 7.99. The van der Waals surface area contributed by atoms with E-state index in [0.29, 0.717) is 24.4 Å². The van der Waals surface area contributed by atoms with Crippen LogP contribution in [0.2, 0.25) is 18.1 Å². The summed E-state index contributed by atoms with van der Waals surface area (Å²) < 4.78 is 22.9. The van der Waals surface area contributed by atoms with E-state index in [1.165, 1.54) is 17.0 Å². The Balaban J connectivity index is 1.97. The number of hydrogen-bond donors (Lipinski definition) is 1. The van der Waals surface area contributed by atoms with Gasteiger partial charge < -0.3 is 14.4 Å². The number of hydrogen-bond acceptors (Lipinski definition) is 3. The van der Waals surface area contributed by atoms with Gasteiger partial charge in [-0.1, -0.05) is 32.9 Å². The fraction of sp³-hybridized carbons (Fsp3) is 0.500. The monoisotopic (exact) mass is 531 g/mol. The Morgan fingerprint density at radius 2 is 2.10 bits per heavy atom. The molecule has 1 aliphatic heterocycles. The molecule has 0 spiro atoms. The van der Waals surface area contributed by atoms with Gasteiger partial charge in [0, 0.05) is 12.1 Å². The lowest BCUT2D eigenvalue weighted by atomic mass is 10.1. The first-order chi connectivity index (χ1) is 13.4. The molecule has 1 atom stereocenters. The number of nitrogens with zero attached hydrogens (tertiary/aromatic N) is 3. The Hall–Kier alpha value is -1.46. The Labute approximate surface area is 185 Å². The van der Waals surface area contributed by atoms with Gasteiger partial charge in [-0.15, -0.1) is 0 Å². The number of aromatic nitrogens is 2. The lowest BCUT2D eigenvalue weighted by Crippen LogP contribution is -2.46. The molecule has 1 N–H and O–H groups in total. The maximum Gasteiger partial charge on any atom is 0.407 e. The number of benzene rings is 1. The van der Waals surface area contributed by atoms with E-state index in [1.807, 2.05) is 10.7 Å². The highest BCUT2D eigenvalue weighted by Gasteiger charge is 2.39. The first-order valence-corrected chi connectivity index (χ1v) is 13.5. The highest BCUT2D eigenvalue weighted by molar-refractivity contribution is 14.1. The predicted octanol–water partition coefficient (Wildman–Crippen LogP) is 5.35. The van der Waals surface area contributed by atoms with Crippen LogP contribution in [0.3, 0.4) is 0 Å². The maximum atomic E-state index is 13.7. The Morgan fingerprint density at radius 3 is 2.69 bits per heavy atom. The van der Waals surface area contributed by atoms with Crippen LogP contribution < -0.4 is 0 Å². The van der Waals surface area contributed by atoms with Gasteiger partial charge in [0.25, 0.3) is 0 Å². The fourth-order valence-electron chi connectivity index (χ4n) is 3.08. The third kappa shape index (κ3) is 4.51. The Kier molecular flexibility index (Phi) is 6.12. The van der Waals surface area contributed by atoms with E-state index in [9.17, 15) is 14.3 Å². The summed E-state index contributed by atoms with van der Waals surface area (Å²) in [4.78, 5) is 13.1. The first-order valence-electron chi connectivity index (χ1n) is 9.55. The lowest BCUT2D eigenvalue weighted by molar-refractivity contribution is 0.103. The molecule has 2 aromatic rings. The molecule has 1 amide bonds. The number of carbonyl (C=O) groups is 1. The summed E-state index contributed by atoms with van der Waals surface area (Å²) in [5.41, 5.74) is 2.18. The van der Waals surface area contributed by atoms with Crippen LogP contribution in [0.15, 0.2) is 24.3 Å². The van der Waals surface area contributed by atoms with E-state index in [2.05, 4.69) is 56.5 Å². The zero-order valence-corrected chi connectivity index (χ0v) is 20.5. The van der Waals surface area contributed by atoms with Crippen molar-refractivity contribution in [1.82, 2.24) is 14.7 Å². The maximum absolute atomic E-state index is 13.7. The van der Waals surface area contributed by atoms with Crippen molar-refractivity contribution >= 4 is 37.0 Å². The van der Waals surface area contributed by atoms with E-state index in [0.717, 1.165) is 9.26 Å².